The SMILES string of the molecule is C=CC(=O)OCC1CCCC(O)(COC(=O)C=C)C1(COC(=O)C=C)COC(=O)C=C. The zero-order chi connectivity index (χ0) is 23.5. The predicted octanol–water partition coefficient (Wildman–Crippen LogP) is 1.42. The highest BCUT2D eigenvalue weighted by atomic mass is 16.6. The minimum atomic E-state index is -1.78. The number of ether oxygens (including phenoxy) is 4. The first-order valence-electron chi connectivity index (χ1n) is 9.57. The summed E-state index contributed by atoms with van der Waals surface area (Å²) in [4.78, 5) is 46.8. The van der Waals surface area contributed by atoms with Crippen molar-refractivity contribution in [3.63, 3.8) is 0 Å². The van der Waals surface area contributed by atoms with E-state index in [1.54, 1.807) is 0 Å². The molecule has 1 rings (SSSR count). The van der Waals surface area contributed by atoms with Gasteiger partial charge in [-0.3, -0.25) is 0 Å². The maximum atomic E-state index is 11.8. The van der Waals surface area contributed by atoms with Crippen molar-refractivity contribution in [1.82, 2.24) is 0 Å². The molecule has 0 radical (unpaired) electrons. The van der Waals surface area contributed by atoms with Gasteiger partial charge in [-0.1, -0.05) is 26.3 Å². The van der Waals surface area contributed by atoms with E-state index < -0.39 is 60.6 Å². The van der Waals surface area contributed by atoms with Crippen LogP contribution in [-0.2, 0) is 38.1 Å². The lowest BCUT2D eigenvalue weighted by Crippen LogP contribution is -2.63. The first-order chi connectivity index (χ1) is 14.7. The summed E-state index contributed by atoms with van der Waals surface area (Å²) in [6.07, 6.45) is 4.86. The molecule has 0 spiro atoms. The molecule has 0 heterocycles. The molecular weight excluding hydrogens is 408 g/mol. The quantitative estimate of drug-likeness (QED) is 0.275. The highest BCUT2D eigenvalue weighted by molar-refractivity contribution is 5.82. The number of carbonyl (C=O) groups excluding carboxylic acids is 4. The van der Waals surface area contributed by atoms with Gasteiger partial charge in [-0.05, 0) is 19.3 Å². The molecule has 0 aromatic rings. The van der Waals surface area contributed by atoms with Crippen LogP contribution in [0.25, 0.3) is 0 Å². The summed E-state index contributed by atoms with van der Waals surface area (Å²) in [5.74, 6) is -3.62. The van der Waals surface area contributed by atoms with Crippen molar-refractivity contribution in [2.75, 3.05) is 26.4 Å². The van der Waals surface area contributed by atoms with Crippen molar-refractivity contribution in [2.45, 2.75) is 24.9 Å². The Kier molecular flexibility index (Phi) is 9.88. The van der Waals surface area contributed by atoms with Gasteiger partial charge >= 0.3 is 23.9 Å². The van der Waals surface area contributed by atoms with Crippen molar-refractivity contribution in [3.05, 3.63) is 50.6 Å². The number of hydrogen-bond donors (Lipinski definition) is 1. The molecule has 0 amide bonds. The molecule has 0 saturated heterocycles. The maximum absolute atomic E-state index is 11.8. The summed E-state index contributed by atoms with van der Waals surface area (Å²) in [5.41, 5.74) is -3.25. The molecule has 0 bridgehead atoms. The van der Waals surface area contributed by atoms with E-state index in [4.69, 9.17) is 18.9 Å². The molecule has 9 nitrogen and oxygen atoms in total. The molecule has 1 aliphatic rings. The van der Waals surface area contributed by atoms with Crippen LogP contribution in [0.3, 0.4) is 0 Å². The van der Waals surface area contributed by atoms with Gasteiger partial charge in [0.25, 0.3) is 0 Å². The third-order valence-electron chi connectivity index (χ3n) is 5.34. The molecule has 1 saturated carbocycles. The minimum absolute atomic E-state index is 0.139. The van der Waals surface area contributed by atoms with E-state index in [2.05, 4.69) is 26.3 Å². The summed E-state index contributed by atoms with van der Waals surface area (Å²) in [6, 6.07) is 0. The van der Waals surface area contributed by atoms with E-state index >= 15 is 0 Å². The topological polar surface area (TPSA) is 125 Å². The normalized spacial score (nSPS) is 21.6. The molecule has 0 aliphatic heterocycles. The largest absolute Gasteiger partial charge is 0.462 e. The van der Waals surface area contributed by atoms with Crippen LogP contribution < -0.4 is 0 Å². The zero-order valence-electron chi connectivity index (χ0n) is 17.4. The molecule has 1 fully saturated rings. The Bertz CT molecular complexity index is 715. The van der Waals surface area contributed by atoms with E-state index in [-0.39, 0.29) is 13.0 Å². The summed E-state index contributed by atoms with van der Waals surface area (Å²) < 4.78 is 20.8. The number of esters is 4. The van der Waals surface area contributed by atoms with Gasteiger partial charge in [-0.2, -0.15) is 0 Å². The maximum Gasteiger partial charge on any atom is 0.330 e. The van der Waals surface area contributed by atoms with Gasteiger partial charge in [-0.15, -0.1) is 0 Å². The van der Waals surface area contributed by atoms with Gasteiger partial charge in [0.15, 0.2) is 0 Å². The third-order valence-corrected chi connectivity index (χ3v) is 5.34. The molecule has 2 unspecified atom stereocenters. The zero-order valence-corrected chi connectivity index (χ0v) is 17.4. The Morgan fingerprint density at radius 2 is 1.19 bits per heavy atom. The average molecular weight is 436 g/mol. The van der Waals surface area contributed by atoms with Crippen LogP contribution in [0.15, 0.2) is 50.6 Å². The smallest absolute Gasteiger partial charge is 0.330 e. The Morgan fingerprint density at radius 3 is 1.65 bits per heavy atom. The minimum Gasteiger partial charge on any atom is -0.462 e. The van der Waals surface area contributed by atoms with Crippen molar-refractivity contribution in [3.8, 4) is 0 Å². The Hall–Kier alpha value is -3.20. The third kappa shape index (κ3) is 6.65. The second-order valence-electron chi connectivity index (χ2n) is 7.05. The van der Waals surface area contributed by atoms with E-state index in [1.807, 2.05) is 0 Å². The Morgan fingerprint density at radius 1 is 0.774 bits per heavy atom. The summed E-state index contributed by atoms with van der Waals surface area (Å²) >= 11 is 0. The molecule has 1 aliphatic carbocycles. The highest BCUT2D eigenvalue weighted by Crippen LogP contribution is 2.49. The molecule has 9 heteroatoms. The van der Waals surface area contributed by atoms with Gasteiger partial charge in [0, 0.05) is 30.2 Å². The van der Waals surface area contributed by atoms with Gasteiger partial charge in [0.1, 0.15) is 25.4 Å². The summed E-state index contributed by atoms with van der Waals surface area (Å²) in [6.45, 7) is 11.8. The monoisotopic (exact) mass is 436 g/mol. The van der Waals surface area contributed by atoms with Crippen LogP contribution in [0.5, 0.6) is 0 Å². The van der Waals surface area contributed by atoms with Crippen LogP contribution in [0, 0.1) is 11.3 Å². The van der Waals surface area contributed by atoms with Gasteiger partial charge < -0.3 is 24.1 Å². The lowest BCUT2D eigenvalue weighted by atomic mass is 9.58. The molecule has 31 heavy (non-hydrogen) atoms. The van der Waals surface area contributed by atoms with E-state index in [0.717, 1.165) is 24.3 Å². The fourth-order valence-corrected chi connectivity index (χ4v) is 3.56. The first-order valence-corrected chi connectivity index (χ1v) is 9.57. The molecule has 170 valence electrons. The number of aliphatic hydroxyl groups is 1. The summed E-state index contributed by atoms with van der Waals surface area (Å²) in [7, 11) is 0. The van der Waals surface area contributed by atoms with Crippen LogP contribution in [0.2, 0.25) is 0 Å². The highest BCUT2D eigenvalue weighted by Gasteiger charge is 2.59. The predicted molar refractivity (Wildman–Crippen MR) is 109 cm³/mol. The summed E-state index contributed by atoms with van der Waals surface area (Å²) in [5, 5.41) is 11.6. The van der Waals surface area contributed by atoms with E-state index in [0.29, 0.717) is 12.8 Å². The van der Waals surface area contributed by atoms with Gasteiger partial charge in [0.2, 0.25) is 0 Å². The molecule has 1 N–H and O–H groups in total. The van der Waals surface area contributed by atoms with Crippen molar-refractivity contribution < 1.29 is 43.2 Å². The molecule has 2 atom stereocenters. The van der Waals surface area contributed by atoms with E-state index in [9.17, 15) is 24.3 Å². The van der Waals surface area contributed by atoms with Crippen LogP contribution >= 0.6 is 0 Å². The van der Waals surface area contributed by atoms with Crippen LogP contribution in [0.1, 0.15) is 19.3 Å². The second-order valence-corrected chi connectivity index (χ2v) is 7.05. The molecule has 0 aromatic heterocycles. The van der Waals surface area contributed by atoms with Crippen molar-refractivity contribution in [1.29, 1.82) is 0 Å². The second kappa shape index (κ2) is 11.8. The van der Waals surface area contributed by atoms with Crippen LogP contribution in [0.4, 0.5) is 0 Å². The molecular formula is C22H28O9. The molecule has 0 aromatic carbocycles. The Balaban J connectivity index is 3.40. The Labute approximate surface area is 181 Å². The standard InChI is InChI=1S/C22H28O9/c1-5-17(23)28-12-16-10-9-11-22(27,15-31-20(26)8-4)21(16,13-29-18(24)6-2)14-30-19(25)7-3/h5-8,16,27H,1-4,9-15H2. The fraction of sp³-hybridized carbons (Fsp3) is 0.455. The first kappa shape index (κ1) is 25.8. The van der Waals surface area contributed by atoms with Crippen molar-refractivity contribution in [2.24, 2.45) is 11.3 Å². The van der Waals surface area contributed by atoms with Gasteiger partial charge in [-0.25, -0.2) is 19.2 Å². The lowest BCUT2D eigenvalue weighted by Gasteiger charge is -2.53. The van der Waals surface area contributed by atoms with Gasteiger partial charge in [0.05, 0.1) is 12.0 Å². The fourth-order valence-electron chi connectivity index (χ4n) is 3.56. The van der Waals surface area contributed by atoms with Crippen molar-refractivity contribution >= 4 is 23.9 Å². The lowest BCUT2D eigenvalue weighted by molar-refractivity contribution is -0.225. The number of hydrogen-bond acceptors (Lipinski definition) is 9. The van der Waals surface area contributed by atoms with Crippen LogP contribution in [-0.4, -0.2) is 61.0 Å². The van der Waals surface area contributed by atoms with E-state index in [1.165, 1.54) is 0 Å². The number of rotatable bonds is 12. The number of carbonyl (C=O) groups is 4. The average Bonchev–Trinajstić information content (AvgIpc) is 2.78.